The summed E-state index contributed by atoms with van der Waals surface area (Å²) in [7, 11) is 0. The van der Waals surface area contributed by atoms with E-state index in [-0.39, 0.29) is 0 Å². The van der Waals surface area contributed by atoms with Gasteiger partial charge in [-0.15, -0.1) is 0 Å². The summed E-state index contributed by atoms with van der Waals surface area (Å²) < 4.78 is 0. The van der Waals surface area contributed by atoms with Crippen molar-refractivity contribution in [3.05, 3.63) is 11.9 Å². The summed E-state index contributed by atoms with van der Waals surface area (Å²) in [5, 5.41) is 3.39. The van der Waals surface area contributed by atoms with Crippen LogP contribution in [0.15, 0.2) is 6.07 Å². The zero-order chi connectivity index (χ0) is 12.7. The number of nitrogens with zero attached hydrogens (tertiary/aromatic N) is 2. The van der Waals surface area contributed by atoms with Gasteiger partial charge in [0.2, 0.25) is 0 Å². The summed E-state index contributed by atoms with van der Waals surface area (Å²) in [5.74, 6) is 2.19. The van der Waals surface area contributed by atoms with Crippen LogP contribution >= 0.6 is 0 Å². The Kier molecular flexibility index (Phi) is 5.73. The number of nitrogen functional groups attached to an aromatic ring is 1. The topological polar surface area (TPSA) is 63.8 Å². The summed E-state index contributed by atoms with van der Waals surface area (Å²) in [5.41, 5.74) is 5.74. The molecule has 0 spiro atoms. The molecule has 1 aromatic rings. The van der Waals surface area contributed by atoms with E-state index in [4.69, 9.17) is 5.73 Å². The van der Waals surface area contributed by atoms with Gasteiger partial charge in [0.1, 0.15) is 17.5 Å². The Hall–Kier alpha value is -1.32. The van der Waals surface area contributed by atoms with Crippen LogP contribution in [-0.2, 0) is 6.42 Å². The Morgan fingerprint density at radius 3 is 2.71 bits per heavy atom. The van der Waals surface area contributed by atoms with Crippen molar-refractivity contribution in [3.63, 3.8) is 0 Å². The van der Waals surface area contributed by atoms with E-state index in [9.17, 15) is 0 Å². The third kappa shape index (κ3) is 5.02. The fraction of sp³-hybridized carbons (Fsp3) is 0.692. The van der Waals surface area contributed by atoms with E-state index in [1.165, 1.54) is 25.7 Å². The van der Waals surface area contributed by atoms with Gasteiger partial charge in [-0.3, -0.25) is 0 Å². The van der Waals surface area contributed by atoms with Gasteiger partial charge in [0.25, 0.3) is 0 Å². The second kappa shape index (κ2) is 7.09. The largest absolute Gasteiger partial charge is 0.384 e. The van der Waals surface area contributed by atoms with E-state index in [2.05, 4.69) is 29.1 Å². The van der Waals surface area contributed by atoms with Crippen molar-refractivity contribution >= 4 is 11.6 Å². The Bertz CT molecular complexity index is 338. The highest BCUT2D eigenvalue weighted by atomic mass is 15.1. The molecule has 1 rings (SSSR count). The van der Waals surface area contributed by atoms with Crippen molar-refractivity contribution in [3.8, 4) is 0 Å². The first-order valence-corrected chi connectivity index (χ1v) is 6.55. The summed E-state index contributed by atoms with van der Waals surface area (Å²) in [6.07, 6.45) is 5.78. The highest BCUT2D eigenvalue weighted by Gasteiger charge is 2.05. The van der Waals surface area contributed by atoms with E-state index in [1.54, 1.807) is 6.07 Å². The maximum Gasteiger partial charge on any atom is 0.132 e. The lowest BCUT2D eigenvalue weighted by molar-refractivity contribution is 0.613. The van der Waals surface area contributed by atoms with Crippen molar-refractivity contribution in [2.45, 2.75) is 58.9 Å². The molecule has 1 heterocycles. The van der Waals surface area contributed by atoms with Crippen LogP contribution < -0.4 is 11.1 Å². The second-order valence-electron chi connectivity index (χ2n) is 4.49. The summed E-state index contributed by atoms with van der Waals surface area (Å²) in [6.45, 7) is 6.43. The van der Waals surface area contributed by atoms with Gasteiger partial charge >= 0.3 is 0 Å². The minimum Gasteiger partial charge on any atom is -0.384 e. The molecule has 0 bridgehead atoms. The predicted octanol–water partition coefficient (Wildman–Crippen LogP) is 3.00. The highest BCUT2D eigenvalue weighted by molar-refractivity contribution is 5.45. The van der Waals surface area contributed by atoms with Gasteiger partial charge in [-0.25, -0.2) is 9.97 Å². The van der Waals surface area contributed by atoms with Gasteiger partial charge in [-0.2, -0.15) is 0 Å². The molecule has 3 N–H and O–H groups in total. The number of rotatable bonds is 7. The molecule has 0 fully saturated rings. The normalized spacial score (nSPS) is 12.4. The molecule has 0 aliphatic heterocycles. The Morgan fingerprint density at radius 2 is 2.06 bits per heavy atom. The molecule has 0 aliphatic rings. The van der Waals surface area contributed by atoms with Crippen LogP contribution in [0.2, 0.25) is 0 Å². The van der Waals surface area contributed by atoms with Crippen LogP contribution in [0.5, 0.6) is 0 Å². The third-order valence-electron chi connectivity index (χ3n) is 2.74. The molecular weight excluding hydrogens is 212 g/mol. The lowest BCUT2D eigenvalue weighted by Crippen LogP contribution is -2.17. The molecule has 1 aromatic heterocycles. The molecule has 0 aromatic carbocycles. The molecule has 0 saturated heterocycles. The standard InChI is InChI=1S/C13H24N4/c1-4-6-7-8-10(3)15-13-9-11(14)16-12(5-2)17-13/h9-10H,4-8H2,1-3H3,(H3,14,15,16,17). The van der Waals surface area contributed by atoms with Crippen LogP contribution in [0.3, 0.4) is 0 Å². The average Bonchev–Trinajstić information content (AvgIpc) is 2.28. The van der Waals surface area contributed by atoms with Crippen LogP contribution in [0.4, 0.5) is 11.6 Å². The monoisotopic (exact) mass is 236 g/mol. The molecule has 1 atom stereocenters. The zero-order valence-electron chi connectivity index (χ0n) is 11.2. The van der Waals surface area contributed by atoms with E-state index >= 15 is 0 Å². The fourth-order valence-corrected chi connectivity index (χ4v) is 1.77. The third-order valence-corrected chi connectivity index (χ3v) is 2.74. The number of anilines is 2. The molecule has 96 valence electrons. The molecule has 0 saturated carbocycles. The van der Waals surface area contributed by atoms with Crippen molar-refractivity contribution < 1.29 is 0 Å². The molecule has 4 nitrogen and oxygen atoms in total. The Labute approximate surface area is 104 Å². The van der Waals surface area contributed by atoms with Gasteiger partial charge in [0.05, 0.1) is 0 Å². The van der Waals surface area contributed by atoms with Gasteiger partial charge in [0, 0.05) is 18.5 Å². The minimum absolute atomic E-state index is 0.431. The lowest BCUT2D eigenvalue weighted by atomic mass is 10.1. The van der Waals surface area contributed by atoms with E-state index in [0.29, 0.717) is 11.9 Å². The summed E-state index contributed by atoms with van der Waals surface area (Å²) in [6, 6.07) is 2.23. The smallest absolute Gasteiger partial charge is 0.132 e. The SMILES string of the molecule is CCCCCC(C)Nc1cc(N)nc(CC)n1. The fourth-order valence-electron chi connectivity index (χ4n) is 1.77. The van der Waals surface area contributed by atoms with Gasteiger partial charge in [-0.05, 0) is 13.3 Å². The zero-order valence-corrected chi connectivity index (χ0v) is 11.2. The molecule has 4 heteroatoms. The molecular formula is C13H24N4. The van der Waals surface area contributed by atoms with Crippen LogP contribution in [-0.4, -0.2) is 16.0 Å². The number of hydrogen-bond donors (Lipinski definition) is 2. The minimum atomic E-state index is 0.431. The lowest BCUT2D eigenvalue weighted by Gasteiger charge is -2.15. The van der Waals surface area contributed by atoms with Crippen LogP contribution in [0.25, 0.3) is 0 Å². The first-order valence-electron chi connectivity index (χ1n) is 6.55. The maximum absolute atomic E-state index is 5.74. The summed E-state index contributed by atoms with van der Waals surface area (Å²) >= 11 is 0. The number of nitrogens with two attached hydrogens (primary N) is 1. The van der Waals surface area contributed by atoms with Crippen molar-refractivity contribution in [1.29, 1.82) is 0 Å². The highest BCUT2D eigenvalue weighted by Crippen LogP contribution is 2.12. The van der Waals surface area contributed by atoms with E-state index < -0.39 is 0 Å². The molecule has 0 aliphatic carbocycles. The van der Waals surface area contributed by atoms with E-state index in [0.717, 1.165) is 18.1 Å². The predicted molar refractivity (Wildman–Crippen MR) is 73.0 cm³/mol. The number of unbranched alkanes of at least 4 members (excludes halogenated alkanes) is 2. The van der Waals surface area contributed by atoms with Crippen molar-refractivity contribution in [2.75, 3.05) is 11.1 Å². The first-order chi connectivity index (χ1) is 8.15. The summed E-state index contributed by atoms with van der Waals surface area (Å²) in [4.78, 5) is 8.58. The van der Waals surface area contributed by atoms with Crippen molar-refractivity contribution in [2.24, 2.45) is 0 Å². The maximum atomic E-state index is 5.74. The van der Waals surface area contributed by atoms with Gasteiger partial charge in [-0.1, -0.05) is 33.1 Å². The van der Waals surface area contributed by atoms with E-state index in [1.807, 2.05) is 6.92 Å². The number of hydrogen-bond acceptors (Lipinski definition) is 4. The Morgan fingerprint density at radius 1 is 1.29 bits per heavy atom. The van der Waals surface area contributed by atoms with Crippen molar-refractivity contribution in [1.82, 2.24) is 9.97 Å². The first kappa shape index (κ1) is 13.7. The molecule has 0 amide bonds. The van der Waals surface area contributed by atoms with Crippen LogP contribution in [0, 0.1) is 0 Å². The molecule has 17 heavy (non-hydrogen) atoms. The van der Waals surface area contributed by atoms with Gasteiger partial charge < -0.3 is 11.1 Å². The molecule has 0 radical (unpaired) electrons. The quantitative estimate of drug-likeness (QED) is 0.714. The molecule has 1 unspecified atom stereocenters. The van der Waals surface area contributed by atoms with Gasteiger partial charge in [0.15, 0.2) is 0 Å². The number of aromatic nitrogens is 2. The number of nitrogens with one attached hydrogen (secondary N) is 1. The average molecular weight is 236 g/mol. The van der Waals surface area contributed by atoms with Crippen LogP contribution in [0.1, 0.15) is 52.3 Å². The second-order valence-corrected chi connectivity index (χ2v) is 4.49. The number of aryl methyl sites for hydroxylation is 1. The Balaban J connectivity index is 2.52.